The van der Waals surface area contributed by atoms with Crippen molar-refractivity contribution in [1.29, 1.82) is 0 Å². The summed E-state index contributed by atoms with van der Waals surface area (Å²) < 4.78 is 50.8. The first-order valence-corrected chi connectivity index (χ1v) is 17.2. The molecule has 1 aliphatic carbocycles. The number of benzene rings is 2. The van der Waals surface area contributed by atoms with Gasteiger partial charge < -0.3 is 39.8 Å². The summed E-state index contributed by atoms with van der Waals surface area (Å²) in [6.45, 7) is 12.9. The number of amides is 2. The molecule has 1 saturated carbocycles. The number of hydrogen-bond donors (Lipinski definition) is 2. The number of ether oxygens (including phenoxy) is 4. The van der Waals surface area contributed by atoms with E-state index in [4.69, 9.17) is 24.7 Å². The van der Waals surface area contributed by atoms with Crippen LogP contribution in [-0.2, 0) is 18.9 Å². The number of rotatable bonds is 5. The molecule has 2 aromatic carbocycles. The van der Waals surface area contributed by atoms with E-state index >= 15 is 0 Å². The molecule has 3 aliphatic rings. The minimum Gasteiger partial charge on any atom is -0.444 e. The monoisotopic (exact) mass is 710 g/mol. The van der Waals surface area contributed by atoms with Crippen molar-refractivity contribution in [3.8, 4) is 0 Å². The Morgan fingerprint density at radius 2 is 1.29 bits per heavy atom. The minimum atomic E-state index is -0.581. The zero-order valence-electron chi connectivity index (χ0n) is 30.1. The molecule has 0 spiro atoms. The molecule has 3 fully saturated rings. The second kappa shape index (κ2) is 15.8. The van der Waals surface area contributed by atoms with Gasteiger partial charge in [0, 0.05) is 48.0 Å². The molecule has 0 unspecified atom stereocenters. The lowest BCUT2D eigenvalue weighted by atomic mass is 10.1. The Labute approximate surface area is 297 Å². The van der Waals surface area contributed by atoms with Crippen LogP contribution in [-0.4, -0.2) is 82.5 Å². The molecule has 0 radical (unpaired) electrons. The number of hydrogen-bond acceptors (Lipinski definition) is 10. The van der Waals surface area contributed by atoms with Crippen LogP contribution in [0.3, 0.4) is 0 Å². The number of anilines is 3. The van der Waals surface area contributed by atoms with E-state index in [1.54, 1.807) is 29.2 Å². The molecule has 2 amide bonds. The number of nitrogens with one attached hydrogen (secondary N) is 1. The van der Waals surface area contributed by atoms with E-state index in [0.717, 1.165) is 5.56 Å². The number of carbonyl (C=O) groups is 2. The molecular formula is C37H48F2N6O6. The van der Waals surface area contributed by atoms with Crippen LogP contribution in [0.5, 0.6) is 0 Å². The normalized spacial score (nSPS) is 19.5. The standard InChI is InChI=1S/C22H27FN4O3.C15H21FN2O3/c1-22(2,3)30-21(28)27-8-9-29-19(13-27)17-7-6-16(10-18(17)23)26-20-24-11-15(12-25-20)14-4-5-14;1-15(2,3)21-14(19)18-6-7-20-13(9-18)11-5-4-10(17)8-12(11)16/h6-7,10-12,14,19H,4-5,8-9,13H2,1-3H3,(H,24,25,26);4-5,8,13H,6-7,9,17H2,1-3H3/t19-;13-/m00/s1. The SMILES string of the molecule is CC(C)(C)OC(=O)N1CCO[C@H](c2ccc(N)cc2F)C1.CC(C)(C)OC(=O)N1CCO[C@H](c2ccc(Nc3ncc(C4CC4)cn3)cc2F)C1. The summed E-state index contributed by atoms with van der Waals surface area (Å²) in [6.07, 6.45) is 4.14. The first-order chi connectivity index (χ1) is 24.0. The van der Waals surface area contributed by atoms with Crippen LogP contribution in [0.25, 0.3) is 0 Å². The first kappa shape index (κ1) is 37.7. The number of nitrogens with zero attached hydrogens (tertiary/aromatic N) is 4. The van der Waals surface area contributed by atoms with Crippen LogP contribution < -0.4 is 11.1 Å². The molecule has 3 aromatic rings. The molecule has 12 nitrogen and oxygen atoms in total. The number of morpholine rings is 2. The smallest absolute Gasteiger partial charge is 0.410 e. The van der Waals surface area contributed by atoms with Crippen LogP contribution in [0, 0.1) is 11.6 Å². The Hall–Kier alpha value is -4.56. The molecule has 3 heterocycles. The van der Waals surface area contributed by atoms with Crippen molar-refractivity contribution in [1.82, 2.24) is 19.8 Å². The molecule has 2 aliphatic heterocycles. The van der Waals surface area contributed by atoms with Gasteiger partial charge in [0.1, 0.15) is 35.0 Å². The zero-order valence-corrected chi connectivity index (χ0v) is 30.1. The number of carbonyl (C=O) groups excluding carboxylic acids is 2. The molecule has 3 N–H and O–H groups in total. The fraction of sp³-hybridized carbons (Fsp3) is 0.514. The molecule has 0 bridgehead atoms. The summed E-state index contributed by atoms with van der Waals surface area (Å²) in [5.41, 5.74) is 7.25. The summed E-state index contributed by atoms with van der Waals surface area (Å²) in [5.74, 6) is 0.180. The van der Waals surface area contributed by atoms with Gasteiger partial charge in [-0.2, -0.15) is 0 Å². The fourth-order valence-corrected chi connectivity index (χ4v) is 5.49. The quantitative estimate of drug-likeness (QED) is 0.260. The molecule has 1 aromatic heterocycles. The summed E-state index contributed by atoms with van der Waals surface area (Å²) in [6, 6.07) is 9.28. The Morgan fingerprint density at radius 1 is 0.804 bits per heavy atom. The summed E-state index contributed by atoms with van der Waals surface area (Å²) >= 11 is 0. The largest absolute Gasteiger partial charge is 0.444 e. The van der Waals surface area contributed by atoms with Gasteiger partial charge in [-0.25, -0.2) is 28.3 Å². The predicted octanol–water partition coefficient (Wildman–Crippen LogP) is 7.26. The Kier molecular flexibility index (Phi) is 11.7. The molecule has 2 atom stereocenters. The average Bonchev–Trinajstić information content (AvgIpc) is 3.90. The van der Waals surface area contributed by atoms with Crippen LogP contribution in [0.2, 0.25) is 0 Å². The van der Waals surface area contributed by atoms with E-state index < -0.39 is 47.2 Å². The highest BCUT2D eigenvalue weighted by Gasteiger charge is 2.32. The second-order valence-electron chi connectivity index (χ2n) is 14.8. The van der Waals surface area contributed by atoms with E-state index in [1.807, 2.05) is 53.9 Å². The van der Waals surface area contributed by atoms with Gasteiger partial charge in [0.15, 0.2) is 0 Å². The molecular weight excluding hydrogens is 662 g/mol. The van der Waals surface area contributed by atoms with Crippen molar-refractivity contribution in [3.05, 3.63) is 77.1 Å². The van der Waals surface area contributed by atoms with Crippen molar-refractivity contribution >= 4 is 29.5 Å². The third-order valence-electron chi connectivity index (χ3n) is 8.13. The van der Waals surface area contributed by atoms with Gasteiger partial charge in [-0.1, -0.05) is 12.1 Å². The van der Waals surface area contributed by atoms with Crippen molar-refractivity contribution in [2.75, 3.05) is 50.4 Å². The van der Waals surface area contributed by atoms with E-state index in [1.165, 1.54) is 29.9 Å². The van der Waals surface area contributed by atoms with E-state index in [0.29, 0.717) is 60.7 Å². The minimum absolute atomic E-state index is 0.240. The van der Waals surface area contributed by atoms with Crippen molar-refractivity contribution in [2.45, 2.75) is 83.7 Å². The Morgan fingerprint density at radius 3 is 1.75 bits per heavy atom. The molecule has 2 saturated heterocycles. The van der Waals surface area contributed by atoms with Gasteiger partial charge in [0.2, 0.25) is 5.95 Å². The number of aromatic nitrogens is 2. The molecule has 51 heavy (non-hydrogen) atoms. The van der Waals surface area contributed by atoms with Crippen molar-refractivity contribution in [3.63, 3.8) is 0 Å². The highest BCUT2D eigenvalue weighted by molar-refractivity contribution is 5.69. The maximum atomic E-state index is 14.8. The topological polar surface area (TPSA) is 141 Å². The maximum Gasteiger partial charge on any atom is 0.410 e. The van der Waals surface area contributed by atoms with Crippen molar-refractivity contribution < 1.29 is 37.3 Å². The second-order valence-corrected chi connectivity index (χ2v) is 14.8. The average molecular weight is 711 g/mol. The van der Waals surface area contributed by atoms with E-state index in [2.05, 4.69) is 15.3 Å². The van der Waals surface area contributed by atoms with Gasteiger partial charge in [-0.3, -0.25) is 0 Å². The lowest BCUT2D eigenvalue weighted by molar-refractivity contribution is -0.0445. The van der Waals surface area contributed by atoms with Gasteiger partial charge in [-0.05, 0) is 90.1 Å². The molecule has 276 valence electrons. The van der Waals surface area contributed by atoms with Gasteiger partial charge >= 0.3 is 12.2 Å². The lowest BCUT2D eigenvalue weighted by Gasteiger charge is -2.34. The third kappa shape index (κ3) is 11.0. The zero-order chi connectivity index (χ0) is 36.9. The van der Waals surface area contributed by atoms with E-state index in [9.17, 15) is 18.4 Å². The van der Waals surface area contributed by atoms with Crippen LogP contribution >= 0.6 is 0 Å². The van der Waals surface area contributed by atoms with Crippen LogP contribution in [0.4, 0.5) is 35.7 Å². The van der Waals surface area contributed by atoms with Gasteiger partial charge in [-0.15, -0.1) is 0 Å². The lowest BCUT2D eigenvalue weighted by Crippen LogP contribution is -2.44. The van der Waals surface area contributed by atoms with Crippen LogP contribution in [0.1, 0.15) is 89.2 Å². The van der Waals surface area contributed by atoms with E-state index in [-0.39, 0.29) is 13.1 Å². The predicted molar refractivity (Wildman–Crippen MR) is 188 cm³/mol. The maximum absolute atomic E-state index is 14.8. The number of nitrogens with two attached hydrogens (primary N) is 1. The number of halogens is 2. The Balaban J connectivity index is 0.000000211. The summed E-state index contributed by atoms with van der Waals surface area (Å²) in [4.78, 5) is 36.1. The van der Waals surface area contributed by atoms with Gasteiger partial charge in [0.05, 0.1) is 26.3 Å². The third-order valence-corrected chi connectivity index (χ3v) is 8.13. The van der Waals surface area contributed by atoms with Crippen molar-refractivity contribution in [2.24, 2.45) is 0 Å². The fourth-order valence-electron chi connectivity index (χ4n) is 5.49. The summed E-state index contributed by atoms with van der Waals surface area (Å²) in [7, 11) is 0. The van der Waals surface area contributed by atoms with Crippen LogP contribution in [0.15, 0.2) is 48.8 Å². The highest BCUT2D eigenvalue weighted by Crippen LogP contribution is 2.39. The summed E-state index contributed by atoms with van der Waals surface area (Å²) in [5, 5.41) is 3.03. The molecule has 6 rings (SSSR count). The number of nitrogen functional groups attached to an aromatic ring is 1. The first-order valence-electron chi connectivity index (χ1n) is 17.2. The molecule has 14 heteroatoms. The van der Waals surface area contributed by atoms with Gasteiger partial charge in [0.25, 0.3) is 0 Å². The Bertz CT molecular complexity index is 1680. The highest BCUT2D eigenvalue weighted by atomic mass is 19.1.